The van der Waals surface area contributed by atoms with E-state index >= 15 is 0 Å². The van der Waals surface area contributed by atoms with Crippen molar-refractivity contribution in [2.45, 2.75) is 17.1 Å². The Morgan fingerprint density at radius 2 is 1.42 bits per heavy atom. The first-order valence-corrected chi connectivity index (χ1v) is 9.42. The van der Waals surface area contributed by atoms with Crippen molar-refractivity contribution in [1.82, 2.24) is 0 Å². The van der Waals surface area contributed by atoms with Crippen molar-refractivity contribution in [3.8, 4) is 5.75 Å². The van der Waals surface area contributed by atoms with E-state index < -0.39 is 17.1 Å². The van der Waals surface area contributed by atoms with Gasteiger partial charge in [-0.05, 0) is 23.3 Å². The molecule has 0 aliphatic rings. The van der Waals surface area contributed by atoms with Gasteiger partial charge in [0.25, 0.3) is 0 Å². The van der Waals surface area contributed by atoms with Crippen molar-refractivity contribution >= 4 is 17.5 Å². The number of aromatic hydroxyl groups is 1. The van der Waals surface area contributed by atoms with E-state index in [4.69, 9.17) is 0 Å². The van der Waals surface area contributed by atoms with E-state index in [1.165, 1.54) is 23.9 Å². The summed E-state index contributed by atoms with van der Waals surface area (Å²) < 4.78 is 0. The minimum absolute atomic E-state index is 0.114. The second-order valence-corrected chi connectivity index (χ2v) is 7.08. The van der Waals surface area contributed by atoms with Crippen molar-refractivity contribution < 1.29 is 15.0 Å². The summed E-state index contributed by atoms with van der Waals surface area (Å²) in [4.78, 5) is 12.8. The highest BCUT2D eigenvalue weighted by atomic mass is 32.2. The van der Waals surface area contributed by atoms with E-state index in [2.05, 4.69) is 0 Å². The Bertz CT molecular complexity index is 850. The molecule has 0 heterocycles. The molecule has 0 bridgehead atoms. The zero-order valence-electron chi connectivity index (χ0n) is 14.2. The lowest BCUT2D eigenvalue weighted by Crippen LogP contribution is -2.26. The molecule has 0 fully saturated rings. The molecule has 26 heavy (non-hydrogen) atoms. The number of benzene rings is 3. The number of ketones is 1. The topological polar surface area (TPSA) is 57.5 Å². The first-order valence-electron chi connectivity index (χ1n) is 8.37. The largest absolute Gasteiger partial charge is 0.507 e. The number of hydrogen-bond donors (Lipinski definition) is 2. The molecule has 0 saturated carbocycles. The summed E-state index contributed by atoms with van der Waals surface area (Å²) in [6.45, 7) is 0. The van der Waals surface area contributed by atoms with Crippen LogP contribution in [0.3, 0.4) is 0 Å². The van der Waals surface area contributed by atoms with Gasteiger partial charge in [-0.15, -0.1) is 11.8 Å². The highest BCUT2D eigenvalue weighted by molar-refractivity contribution is 7.98. The third kappa shape index (κ3) is 4.34. The lowest BCUT2D eigenvalue weighted by molar-refractivity contribution is 0.0739. The molecule has 3 rings (SSSR count). The summed E-state index contributed by atoms with van der Waals surface area (Å²) in [6.07, 6.45) is -1.25. The molecule has 3 aromatic carbocycles. The Morgan fingerprint density at radius 1 is 0.846 bits per heavy atom. The molecule has 132 valence electrons. The van der Waals surface area contributed by atoms with Gasteiger partial charge in [0.15, 0.2) is 5.78 Å². The van der Waals surface area contributed by atoms with Crippen LogP contribution in [-0.4, -0.2) is 22.1 Å². The van der Waals surface area contributed by atoms with Gasteiger partial charge in [0.2, 0.25) is 0 Å². The summed E-state index contributed by atoms with van der Waals surface area (Å²) in [5.41, 5.74) is 2.14. The zero-order valence-corrected chi connectivity index (χ0v) is 15.0. The maximum Gasteiger partial charge on any atom is 0.196 e. The van der Waals surface area contributed by atoms with Gasteiger partial charge in [-0.3, -0.25) is 4.79 Å². The minimum Gasteiger partial charge on any atom is -0.507 e. The first-order chi connectivity index (χ1) is 12.7. The number of thioether (sulfide) groups is 1. The average Bonchev–Trinajstić information content (AvgIpc) is 2.69. The first kappa shape index (κ1) is 18.2. The molecule has 1 unspecified atom stereocenters. The van der Waals surface area contributed by atoms with Crippen LogP contribution >= 0.6 is 11.8 Å². The molecule has 0 spiro atoms. The highest BCUT2D eigenvalue weighted by Gasteiger charge is 2.30. The van der Waals surface area contributed by atoms with E-state index in [1.54, 1.807) is 12.1 Å². The monoisotopic (exact) mass is 364 g/mol. The Morgan fingerprint density at radius 3 is 2.08 bits per heavy atom. The second kappa shape index (κ2) is 8.70. The predicted molar refractivity (Wildman–Crippen MR) is 105 cm³/mol. The second-order valence-electron chi connectivity index (χ2n) is 5.95. The Hall–Kier alpha value is -2.56. The third-order valence-corrected chi connectivity index (χ3v) is 5.51. The summed E-state index contributed by atoms with van der Waals surface area (Å²) in [6, 6.07) is 25.7. The molecule has 0 aliphatic heterocycles. The molecule has 3 nitrogen and oxygen atoms in total. The number of para-hydroxylation sites is 1. The smallest absolute Gasteiger partial charge is 0.196 e. The maximum absolute atomic E-state index is 12.8. The standard InChI is InChI=1S/C22H20O3S/c23-19-14-8-7-13-18(19)20(24)21(25)22(17-11-5-2-6-12-17)26-15-16-9-3-1-4-10-16/h1-14,21-23,25H,15H2/t21-,22?/m0/s1. The van der Waals surface area contributed by atoms with E-state index in [1.807, 2.05) is 60.7 Å². The fourth-order valence-electron chi connectivity index (χ4n) is 2.75. The maximum atomic E-state index is 12.8. The quantitative estimate of drug-likeness (QED) is 0.601. The number of Topliss-reactive ketones (excluding diaryl/α,β-unsaturated/α-hetero) is 1. The number of phenolic OH excluding ortho intramolecular Hbond substituents is 1. The molecule has 4 heteroatoms. The molecule has 2 N–H and O–H groups in total. The molecule has 2 atom stereocenters. The van der Waals surface area contributed by atoms with Crippen LogP contribution in [0.25, 0.3) is 0 Å². The Balaban J connectivity index is 1.85. The number of aliphatic hydroxyl groups excluding tert-OH is 1. The lowest BCUT2D eigenvalue weighted by Gasteiger charge is -2.22. The molecule has 0 radical (unpaired) electrons. The molecule has 0 aliphatic carbocycles. The normalized spacial score (nSPS) is 13.1. The molecular formula is C22H20O3S. The van der Waals surface area contributed by atoms with Crippen LogP contribution in [0.4, 0.5) is 0 Å². The predicted octanol–water partition coefficient (Wildman–Crippen LogP) is 4.61. The lowest BCUT2D eigenvalue weighted by atomic mass is 9.99. The van der Waals surface area contributed by atoms with Crippen LogP contribution in [0.1, 0.15) is 26.7 Å². The van der Waals surface area contributed by atoms with Crippen molar-refractivity contribution in [2.24, 2.45) is 0 Å². The summed E-state index contributed by atoms with van der Waals surface area (Å²) in [5, 5.41) is 20.3. The van der Waals surface area contributed by atoms with Crippen LogP contribution in [0.2, 0.25) is 0 Å². The highest BCUT2D eigenvalue weighted by Crippen LogP contribution is 2.36. The summed E-state index contributed by atoms with van der Waals surface area (Å²) >= 11 is 1.51. The van der Waals surface area contributed by atoms with Crippen LogP contribution in [0, 0.1) is 0 Å². The minimum atomic E-state index is -1.25. The number of carbonyl (C=O) groups is 1. The summed E-state index contributed by atoms with van der Waals surface area (Å²) in [5.74, 6) is 0.0832. The van der Waals surface area contributed by atoms with Gasteiger partial charge in [-0.25, -0.2) is 0 Å². The van der Waals surface area contributed by atoms with E-state index in [-0.39, 0.29) is 11.3 Å². The van der Waals surface area contributed by atoms with Crippen molar-refractivity contribution in [2.75, 3.05) is 0 Å². The zero-order chi connectivity index (χ0) is 18.4. The van der Waals surface area contributed by atoms with Gasteiger partial charge in [0, 0.05) is 5.75 Å². The van der Waals surface area contributed by atoms with Gasteiger partial charge >= 0.3 is 0 Å². The summed E-state index contributed by atoms with van der Waals surface area (Å²) in [7, 11) is 0. The van der Waals surface area contributed by atoms with Crippen LogP contribution in [0.5, 0.6) is 5.75 Å². The van der Waals surface area contributed by atoms with Crippen LogP contribution < -0.4 is 0 Å². The van der Waals surface area contributed by atoms with Gasteiger partial charge in [-0.2, -0.15) is 0 Å². The molecule has 0 aromatic heterocycles. The van der Waals surface area contributed by atoms with E-state index in [0.717, 1.165) is 11.1 Å². The molecule has 3 aromatic rings. The van der Waals surface area contributed by atoms with Crippen LogP contribution in [0.15, 0.2) is 84.9 Å². The average molecular weight is 364 g/mol. The van der Waals surface area contributed by atoms with Gasteiger partial charge in [0.1, 0.15) is 11.9 Å². The van der Waals surface area contributed by atoms with Gasteiger partial charge < -0.3 is 10.2 Å². The Labute approximate surface area is 157 Å². The number of hydrogen-bond acceptors (Lipinski definition) is 4. The van der Waals surface area contributed by atoms with Crippen LogP contribution in [-0.2, 0) is 5.75 Å². The number of rotatable bonds is 7. The van der Waals surface area contributed by atoms with Crippen molar-refractivity contribution in [3.05, 3.63) is 102 Å². The number of aliphatic hydroxyl groups is 1. The number of carbonyl (C=O) groups excluding carboxylic acids is 1. The fraction of sp³-hybridized carbons (Fsp3) is 0.136. The molecular weight excluding hydrogens is 344 g/mol. The Kier molecular flexibility index (Phi) is 6.10. The molecule has 0 saturated heterocycles. The van der Waals surface area contributed by atoms with Crippen molar-refractivity contribution in [1.29, 1.82) is 0 Å². The number of phenols is 1. The van der Waals surface area contributed by atoms with Gasteiger partial charge in [-0.1, -0.05) is 72.8 Å². The van der Waals surface area contributed by atoms with Gasteiger partial charge in [0.05, 0.1) is 10.8 Å². The van der Waals surface area contributed by atoms with Crippen molar-refractivity contribution in [3.63, 3.8) is 0 Å². The van der Waals surface area contributed by atoms with E-state index in [9.17, 15) is 15.0 Å². The molecule has 0 amide bonds. The fourth-order valence-corrected chi connectivity index (χ4v) is 3.97. The SMILES string of the molecule is O=C(c1ccccc1O)[C@H](O)C(SCc1ccccc1)c1ccccc1. The third-order valence-electron chi connectivity index (χ3n) is 4.13. The van der Waals surface area contributed by atoms with E-state index in [0.29, 0.717) is 5.75 Å².